The van der Waals surface area contributed by atoms with Crippen LogP contribution in [-0.4, -0.2) is 23.5 Å². The average Bonchev–Trinajstić information content (AvgIpc) is 2.36. The number of aliphatic carboxylic acids is 1. The highest BCUT2D eigenvalue weighted by molar-refractivity contribution is 5.94. The molecule has 4 nitrogen and oxygen atoms in total. The molecule has 18 heavy (non-hydrogen) atoms. The van der Waals surface area contributed by atoms with Gasteiger partial charge in [0.2, 0.25) is 0 Å². The van der Waals surface area contributed by atoms with Crippen molar-refractivity contribution >= 4 is 11.9 Å². The predicted molar refractivity (Wildman–Crippen MR) is 64.8 cm³/mol. The molecule has 1 rings (SSSR count). The molecule has 98 valence electrons. The van der Waals surface area contributed by atoms with Crippen molar-refractivity contribution in [2.24, 2.45) is 5.41 Å². The zero-order chi connectivity index (χ0) is 13.8. The Kier molecular flexibility index (Phi) is 4.42. The first-order valence-corrected chi connectivity index (χ1v) is 5.66. The van der Waals surface area contributed by atoms with Crippen molar-refractivity contribution in [1.29, 1.82) is 0 Å². The lowest BCUT2D eigenvalue weighted by Crippen LogP contribution is -2.40. The van der Waals surface area contributed by atoms with E-state index < -0.39 is 23.1 Å². The van der Waals surface area contributed by atoms with E-state index in [-0.39, 0.29) is 6.54 Å². The van der Waals surface area contributed by atoms with E-state index in [9.17, 15) is 14.0 Å². The maximum atomic E-state index is 12.7. The first-order valence-electron chi connectivity index (χ1n) is 5.66. The van der Waals surface area contributed by atoms with Gasteiger partial charge in [0.15, 0.2) is 0 Å². The number of carboxylic acids is 1. The SMILES string of the molecule is CCC(C)(CNC(=O)c1ccc(F)cc1)C(=O)O. The number of carbonyl (C=O) groups is 2. The monoisotopic (exact) mass is 253 g/mol. The Morgan fingerprint density at radius 1 is 1.33 bits per heavy atom. The summed E-state index contributed by atoms with van der Waals surface area (Å²) < 4.78 is 12.7. The van der Waals surface area contributed by atoms with Crippen LogP contribution in [0, 0.1) is 11.2 Å². The molecule has 0 radical (unpaired) electrons. The summed E-state index contributed by atoms with van der Waals surface area (Å²) in [5.41, 5.74) is -0.685. The second-order valence-corrected chi connectivity index (χ2v) is 4.41. The zero-order valence-electron chi connectivity index (χ0n) is 10.4. The Hall–Kier alpha value is -1.91. The molecular formula is C13H16FNO3. The van der Waals surface area contributed by atoms with Crippen molar-refractivity contribution in [2.75, 3.05) is 6.54 Å². The third kappa shape index (κ3) is 3.29. The molecule has 0 aliphatic carbocycles. The Balaban J connectivity index is 2.66. The van der Waals surface area contributed by atoms with Gasteiger partial charge in [-0.2, -0.15) is 0 Å². The highest BCUT2D eigenvalue weighted by Gasteiger charge is 2.31. The number of carbonyl (C=O) groups excluding carboxylic acids is 1. The Morgan fingerprint density at radius 2 is 1.89 bits per heavy atom. The van der Waals surface area contributed by atoms with Crippen LogP contribution in [0.25, 0.3) is 0 Å². The maximum absolute atomic E-state index is 12.7. The van der Waals surface area contributed by atoms with Crippen molar-refractivity contribution in [1.82, 2.24) is 5.32 Å². The summed E-state index contributed by atoms with van der Waals surface area (Å²) in [5.74, 6) is -1.78. The summed E-state index contributed by atoms with van der Waals surface area (Å²) in [6.45, 7) is 3.35. The van der Waals surface area contributed by atoms with Crippen LogP contribution in [0.4, 0.5) is 4.39 Å². The van der Waals surface area contributed by atoms with E-state index in [0.29, 0.717) is 12.0 Å². The predicted octanol–water partition coefficient (Wildman–Crippen LogP) is 2.06. The molecule has 0 heterocycles. The van der Waals surface area contributed by atoms with Crippen molar-refractivity contribution in [3.05, 3.63) is 35.6 Å². The largest absolute Gasteiger partial charge is 0.481 e. The standard InChI is InChI=1S/C13H16FNO3/c1-3-13(2,12(17)18)8-15-11(16)9-4-6-10(14)7-5-9/h4-7H,3,8H2,1-2H3,(H,15,16)(H,17,18). The molecule has 0 spiro atoms. The van der Waals surface area contributed by atoms with Gasteiger partial charge >= 0.3 is 5.97 Å². The number of benzene rings is 1. The van der Waals surface area contributed by atoms with Gasteiger partial charge in [-0.3, -0.25) is 9.59 Å². The van der Waals surface area contributed by atoms with E-state index in [1.807, 2.05) is 0 Å². The number of amides is 1. The first-order chi connectivity index (χ1) is 8.39. The van der Waals surface area contributed by atoms with Gasteiger partial charge in [-0.05, 0) is 37.6 Å². The van der Waals surface area contributed by atoms with E-state index >= 15 is 0 Å². The van der Waals surface area contributed by atoms with Gasteiger partial charge in [-0.15, -0.1) is 0 Å². The topological polar surface area (TPSA) is 66.4 Å². The van der Waals surface area contributed by atoms with Gasteiger partial charge in [0.25, 0.3) is 5.91 Å². The minimum absolute atomic E-state index is 0.0367. The van der Waals surface area contributed by atoms with Gasteiger partial charge < -0.3 is 10.4 Å². The third-order valence-corrected chi connectivity index (χ3v) is 3.04. The van der Waals surface area contributed by atoms with E-state index in [1.165, 1.54) is 24.3 Å². The molecule has 0 bridgehead atoms. The van der Waals surface area contributed by atoms with Crippen LogP contribution in [0.1, 0.15) is 30.6 Å². The summed E-state index contributed by atoms with van der Waals surface area (Å²) in [6, 6.07) is 5.08. The highest BCUT2D eigenvalue weighted by Crippen LogP contribution is 2.20. The van der Waals surface area contributed by atoms with E-state index in [4.69, 9.17) is 5.11 Å². The van der Waals surface area contributed by atoms with Crippen LogP contribution in [0.5, 0.6) is 0 Å². The van der Waals surface area contributed by atoms with E-state index in [2.05, 4.69) is 5.32 Å². The number of hydrogen-bond acceptors (Lipinski definition) is 2. The van der Waals surface area contributed by atoms with Gasteiger partial charge in [0.1, 0.15) is 5.82 Å². The number of nitrogens with one attached hydrogen (secondary N) is 1. The molecule has 1 amide bonds. The molecule has 0 saturated carbocycles. The van der Waals surface area contributed by atoms with E-state index in [1.54, 1.807) is 13.8 Å². The molecule has 2 N–H and O–H groups in total. The van der Waals surface area contributed by atoms with Gasteiger partial charge in [0.05, 0.1) is 5.41 Å². The van der Waals surface area contributed by atoms with Crippen LogP contribution in [-0.2, 0) is 4.79 Å². The smallest absolute Gasteiger partial charge is 0.311 e. The average molecular weight is 253 g/mol. The Bertz CT molecular complexity index is 444. The fourth-order valence-electron chi connectivity index (χ4n) is 1.33. The molecule has 0 fully saturated rings. The van der Waals surface area contributed by atoms with Crippen LogP contribution in [0.2, 0.25) is 0 Å². The highest BCUT2D eigenvalue weighted by atomic mass is 19.1. The summed E-state index contributed by atoms with van der Waals surface area (Å²) in [6.07, 6.45) is 0.409. The molecule has 5 heteroatoms. The third-order valence-electron chi connectivity index (χ3n) is 3.04. The lowest BCUT2D eigenvalue weighted by molar-refractivity contribution is -0.147. The number of halogens is 1. The molecule has 1 aromatic rings. The summed E-state index contributed by atoms with van der Waals surface area (Å²) >= 11 is 0. The van der Waals surface area contributed by atoms with Crippen molar-refractivity contribution in [3.63, 3.8) is 0 Å². The second-order valence-electron chi connectivity index (χ2n) is 4.41. The van der Waals surface area contributed by atoms with Crippen LogP contribution in [0.3, 0.4) is 0 Å². The minimum atomic E-state index is -0.990. The van der Waals surface area contributed by atoms with Crippen molar-refractivity contribution in [2.45, 2.75) is 20.3 Å². The normalized spacial score (nSPS) is 13.7. The van der Waals surface area contributed by atoms with Crippen molar-refractivity contribution in [3.8, 4) is 0 Å². The fraction of sp³-hybridized carbons (Fsp3) is 0.385. The molecule has 0 aromatic heterocycles. The lowest BCUT2D eigenvalue weighted by atomic mass is 9.87. The number of carboxylic acid groups (broad SMARTS) is 1. The van der Waals surface area contributed by atoms with Crippen LogP contribution >= 0.6 is 0 Å². The van der Waals surface area contributed by atoms with Gasteiger partial charge in [-0.1, -0.05) is 6.92 Å². The lowest BCUT2D eigenvalue weighted by Gasteiger charge is -2.23. The van der Waals surface area contributed by atoms with Crippen LogP contribution in [0.15, 0.2) is 24.3 Å². The summed E-state index contributed by atoms with van der Waals surface area (Å²) in [7, 11) is 0. The summed E-state index contributed by atoms with van der Waals surface area (Å²) in [4.78, 5) is 22.8. The Morgan fingerprint density at radius 3 is 2.33 bits per heavy atom. The molecule has 0 saturated heterocycles. The fourth-order valence-corrected chi connectivity index (χ4v) is 1.33. The quantitative estimate of drug-likeness (QED) is 0.844. The zero-order valence-corrected chi connectivity index (χ0v) is 10.4. The molecule has 1 unspecified atom stereocenters. The van der Waals surface area contributed by atoms with Crippen LogP contribution < -0.4 is 5.32 Å². The second kappa shape index (κ2) is 5.62. The Labute approximate surface area is 105 Å². The van der Waals surface area contributed by atoms with E-state index in [0.717, 1.165) is 0 Å². The van der Waals surface area contributed by atoms with Gasteiger partial charge in [-0.25, -0.2) is 4.39 Å². The molecule has 1 atom stereocenters. The van der Waals surface area contributed by atoms with Gasteiger partial charge in [0, 0.05) is 12.1 Å². The number of rotatable bonds is 5. The summed E-state index contributed by atoms with van der Waals surface area (Å²) in [5, 5.41) is 11.6. The molecular weight excluding hydrogens is 237 g/mol. The van der Waals surface area contributed by atoms with Crippen molar-refractivity contribution < 1.29 is 19.1 Å². The maximum Gasteiger partial charge on any atom is 0.311 e. The molecule has 0 aliphatic heterocycles. The minimum Gasteiger partial charge on any atom is -0.481 e. The molecule has 0 aliphatic rings. The number of hydrogen-bond donors (Lipinski definition) is 2. The first kappa shape index (κ1) is 14.2. The molecule has 1 aromatic carbocycles.